The molecule has 1 saturated carbocycles. The van der Waals surface area contributed by atoms with Crippen molar-refractivity contribution in [3.05, 3.63) is 29.6 Å². The molecule has 3 unspecified atom stereocenters. The van der Waals surface area contributed by atoms with Gasteiger partial charge in [0, 0.05) is 17.9 Å². The molecule has 2 heteroatoms. The van der Waals surface area contributed by atoms with Gasteiger partial charge in [0.15, 0.2) is 0 Å². The number of aryl methyl sites for hydroxylation is 1. The highest BCUT2D eigenvalue weighted by atomic mass is 14.9. The summed E-state index contributed by atoms with van der Waals surface area (Å²) in [4.78, 5) is 4.34. The maximum absolute atomic E-state index is 4.34. The van der Waals surface area contributed by atoms with E-state index < -0.39 is 0 Å². The van der Waals surface area contributed by atoms with Gasteiger partial charge in [0.2, 0.25) is 0 Å². The maximum atomic E-state index is 4.34. The lowest BCUT2D eigenvalue weighted by Gasteiger charge is -2.37. The quantitative estimate of drug-likeness (QED) is 0.855. The molecule has 0 saturated heterocycles. The van der Waals surface area contributed by atoms with Crippen LogP contribution < -0.4 is 5.32 Å². The molecule has 1 aliphatic rings. The molecule has 2 rings (SSSR count). The summed E-state index contributed by atoms with van der Waals surface area (Å²) in [7, 11) is 0. The highest BCUT2D eigenvalue weighted by Gasteiger charge is 2.31. The lowest BCUT2D eigenvalue weighted by molar-refractivity contribution is 0.176. The van der Waals surface area contributed by atoms with Crippen LogP contribution in [0.2, 0.25) is 0 Å². The van der Waals surface area contributed by atoms with Crippen molar-refractivity contribution in [2.75, 3.05) is 6.54 Å². The molecule has 3 atom stereocenters. The molecule has 1 aromatic rings. The van der Waals surface area contributed by atoms with E-state index in [0.29, 0.717) is 6.04 Å². The van der Waals surface area contributed by atoms with E-state index in [9.17, 15) is 0 Å². The molecule has 0 bridgehead atoms. The first-order valence-electron chi connectivity index (χ1n) is 7.92. The van der Waals surface area contributed by atoms with Crippen LogP contribution in [0.4, 0.5) is 0 Å². The minimum Gasteiger partial charge on any atom is -0.310 e. The Balaban J connectivity index is 2.23. The second-order valence-electron chi connectivity index (χ2n) is 5.88. The Bertz CT molecular complexity index is 389. The predicted octanol–water partition coefficient (Wildman–Crippen LogP) is 4.26. The zero-order valence-corrected chi connectivity index (χ0v) is 12.7. The van der Waals surface area contributed by atoms with Gasteiger partial charge >= 0.3 is 0 Å². The van der Waals surface area contributed by atoms with Gasteiger partial charge in [0.25, 0.3) is 0 Å². The van der Waals surface area contributed by atoms with Crippen LogP contribution in [-0.2, 0) is 0 Å². The summed E-state index contributed by atoms with van der Waals surface area (Å²) in [6, 6.07) is 4.97. The first kappa shape index (κ1) is 14.5. The van der Waals surface area contributed by atoms with Crippen molar-refractivity contribution >= 4 is 0 Å². The number of nitrogens with one attached hydrogen (secondary N) is 1. The third-order valence-electron chi connectivity index (χ3n) is 4.62. The van der Waals surface area contributed by atoms with Crippen molar-refractivity contribution in [1.29, 1.82) is 0 Å². The first-order valence-corrected chi connectivity index (χ1v) is 7.92. The molecule has 1 aromatic heterocycles. The van der Waals surface area contributed by atoms with Crippen LogP contribution >= 0.6 is 0 Å². The largest absolute Gasteiger partial charge is 0.310 e. The van der Waals surface area contributed by atoms with Crippen molar-refractivity contribution in [2.24, 2.45) is 11.8 Å². The summed E-state index contributed by atoms with van der Waals surface area (Å²) in [5.74, 6) is 1.67. The van der Waals surface area contributed by atoms with E-state index in [1.54, 1.807) is 0 Å². The van der Waals surface area contributed by atoms with Crippen molar-refractivity contribution < 1.29 is 0 Å². The number of pyridine rings is 1. The van der Waals surface area contributed by atoms with E-state index in [2.05, 4.69) is 43.2 Å². The normalized spacial score (nSPS) is 25.2. The van der Waals surface area contributed by atoms with Gasteiger partial charge in [-0.3, -0.25) is 4.98 Å². The first-order chi connectivity index (χ1) is 9.26. The van der Waals surface area contributed by atoms with Gasteiger partial charge in [-0.2, -0.15) is 0 Å². The van der Waals surface area contributed by atoms with Crippen LogP contribution in [0.5, 0.6) is 0 Å². The fourth-order valence-corrected chi connectivity index (χ4v) is 3.68. The minimum absolute atomic E-state index is 0.511. The van der Waals surface area contributed by atoms with E-state index in [1.165, 1.54) is 37.7 Å². The van der Waals surface area contributed by atoms with Crippen LogP contribution in [-0.4, -0.2) is 11.5 Å². The summed E-state index contributed by atoms with van der Waals surface area (Å²) in [5, 5.41) is 3.73. The van der Waals surface area contributed by atoms with E-state index in [-0.39, 0.29) is 0 Å². The van der Waals surface area contributed by atoms with Crippen LogP contribution in [0.15, 0.2) is 18.3 Å². The van der Waals surface area contributed by atoms with Gasteiger partial charge in [-0.25, -0.2) is 0 Å². The third-order valence-corrected chi connectivity index (χ3v) is 4.62. The van der Waals surface area contributed by atoms with Crippen LogP contribution in [0, 0.1) is 18.8 Å². The molecule has 0 aliphatic heterocycles. The molecule has 1 N–H and O–H groups in total. The zero-order valence-electron chi connectivity index (χ0n) is 12.7. The molecule has 0 aromatic carbocycles. The standard InChI is InChI=1S/C17H28N2/c1-4-14-8-6-7-9-16(14)17(18-5-2)15-10-11-19-13(3)12-15/h10-12,14,16-18H,4-9H2,1-3H3. The topological polar surface area (TPSA) is 24.9 Å². The lowest BCUT2D eigenvalue weighted by Crippen LogP contribution is -2.34. The average Bonchev–Trinajstić information content (AvgIpc) is 2.45. The predicted molar refractivity (Wildman–Crippen MR) is 81.1 cm³/mol. The lowest BCUT2D eigenvalue weighted by atomic mass is 9.72. The van der Waals surface area contributed by atoms with Crippen molar-refractivity contribution in [3.63, 3.8) is 0 Å². The summed E-state index contributed by atoms with van der Waals surface area (Å²) < 4.78 is 0. The van der Waals surface area contributed by atoms with Crippen LogP contribution in [0.1, 0.15) is 63.3 Å². The molecule has 1 heterocycles. The molecule has 2 nitrogen and oxygen atoms in total. The van der Waals surface area contributed by atoms with E-state index in [0.717, 1.165) is 24.1 Å². The number of hydrogen-bond acceptors (Lipinski definition) is 2. The van der Waals surface area contributed by atoms with Gasteiger partial charge in [0.1, 0.15) is 0 Å². The average molecular weight is 260 g/mol. The second-order valence-corrected chi connectivity index (χ2v) is 5.88. The zero-order chi connectivity index (χ0) is 13.7. The molecular weight excluding hydrogens is 232 g/mol. The van der Waals surface area contributed by atoms with Gasteiger partial charge in [-0.1, -0.05) is 39.5 Å². The highest BCUT2D eigenvalue weighted by Crippen LogP contribution is 2.40. The van der Waals surface area contributed by atoms with Crippen LogP contribution in [0.25, 0.3) is 0 Å². The molecular formula is C17H28N2. The Hall–Kier alpha value is -0.890. The van der Waals surface area contributed by atoms with Gasteiger partial charge in [-0.05, 0) is 49.4 Å². The van der Waals surface area contributed by atoms with Crippen molar-refractivity contribution in [1.82, 2.24) is 10.3 Å². The van der Waals surface area contributed by atoms with Gasteiger partial charge in [0.05, 0.1) is 0 Å². The summed E-state index contributed by atoms with van der Waals surface area (Å²) in [5.41, 5.74) is 2.56. The monoisotopic (exact) mass is 260 g/mol. The minimum atomic E-state index is 0.511. The Labute approximate surface area is 118 Å². The van der Waals surface area contributed by atoms with Gasteiger partial charge in [-0.15, -0.1) is 0 Å². The second kappa shape index (κ2) is 7.04. The number of aromatic nitrogens is 1. The SMILES string of the molecule is CCNC(c1ccnc(C)c1)C1CCCCC1CC. The Morgan fingerprint density at radius 2 is 2.11 bits per heavy atom. The van der Waals surface area contributed by atoms with Crippen molar-refractivity contribution in [3.8, 4) is 0 Å². The summed E-state index contributed by atoms with van der Waals surface area (Å²) >= 11 is 0. The Kier molecular flexibility index (Phi) is 5.38. The molecule has 106 valence electrons. The van der Waals surface area contributed by atoms with E-state index in [1.807, 2.05) is 6.20 Å². The fraction of sp³-hybridized carbons (Fsp3) is 0.706. The molecule has 0 amide bonds. The molecule has 1 aliphatic carbocycles. The smallest absolute Gasteiger partial charge is 0.0375 e. The number of rotatable bonds is 5. The van der Waals surface area contributed by atoms with Crippen molar-refractivity contribution in [2.45, 2.75) is 58.9 Å². The fourth-order valence-electron chi connectivity index (χ4n) is 3.68. The summed E-state index contributed by atoms with van der Waals surface area (Å²) in [6.45, 7) is 7.69. The molecule has 0 spiro atoms. The maximum Gasteiger partial charge on any atom is 0.0375 e. The molecule has 1 fully saturated rings. The highest BCUT2D eigenvalue weighted by molar-refractivity contribution is 5.20. The van der Waals surface area contributed by atoms with Crippen LogP contribution in [0.3, 0.4) is 0 Å². The number of nitrogens with zero attached hydrogens (tertiary/aromatic N) is 1. The Morgan fingerprint density at radius 3 is 2.79 bits per heavy atom. The third kappa shape index (κ3) is 3.56. The summed E-state index contributed by atoms with van der Waals surface area (Å²) in [6.07, 6.45) is 8.87. The number of hydrogen-bond donors (Lipinski definition) is 1. The molecule has 19 heavy (non-hydrogen) atoms. The molecule has 0 radical (unpaired) electrons. The van der Waals surface area contributed by atoms with E-state index in [4.69, 9.17) is 0 Å². The van der Waals surface area contributed by atoms with Gasteiger partial charge < -0.3 is 5.32 Å². The Morgan fingerprint density at radius 1 is 1.32 bits per heavy atom. The van der Waals surface area contributed by atoms with E-state index >= 15 is 0 Å².